The summed E-state index contributed by atoms with van der Waals surface area (Å²) in [5.41, 5.74) is 1.08. The Labute approximate surface area is 102 Å². The molecule has 0 saturated carbocycles. The van der Waals surface area contributed by atoms with Crippen LogP contribution in [-0.2, 0) is 16.0 Å². The molecule has 5 nitrogen and oxygen atoms in total. The van der Waals surface area contributed by atoms with Crippen molar-refractivity contribution in [3.05, 3.63) is 12.4 Å². The summed E-state index contributed by atoms with van der Waals surface area (Å²) in [6.07, 6.45) is 6.37. The quantitative estimate of drug-likeness (QED) is 0.846. The Bertz CT molecular complexity index is 340. The van der Waals surface area contributed by atoms with Gasteiger partial charge in [-0.05, 0) is 19.8 Å². The van der Waals surface area contributed by atoms with Gasteiger partial charge in [-0.25, -0.2) is 0 Å². The summed E-state index contributed by atoms with van der Waals surface area (Å²) >= 11 is 0. The fourth-order valence-corrected chi connectivity index (χ4v) is 2.11. The highest BCUT2D eigenvalue weighted by Crippen LogP contribution is 2.18. The van der Waals surface area contributed by atoms with Gasteiger partial charge in [-0.3, -0.25) is 4.68 Å². The minimum absolute atomic E-state index is 0.352. The van der Waals surface area contributed by atoms with E-state index in [1.807, 2.05) is 17.1 Å². The molecule has 0 bridgehead atoms. The summed E-state index contributed by atoms with van der Waals surface area (Å²) in [6.45, 7) is 4.45. The topological polar surface area (TPSA) is 48.3 Å². The average molecular weight is 239 g/mol. The second-order valence-corrected chi connectivity index (χ2v) is 4.53. The molecule has 0 aromatic carbocycles. The number of hydrogen-bond donors (Lipinski definition) is 1. The third kappa shape index (κ3) is 3.71. The van der Waals surface area contributed by atoms with Gasteiger partial charge in [0.2, 0.25) is 0 Å². The van der Waals surface area contributed by atoms with Crippen LogP contribution in [0.3, 0.4) is 0 Å². The molecule has 2 heterocycles. The second-order valence-electron chi connectivity index (χ2n) is 4.53. The lowest BCUT2D eigenvalue weighted by molar-refractivity contribution is 0.0232. The highest BCUT2D eigenvalue weighted by molar-refractivity contribution is 5.39. The lowest BCUT2D eigenvalue weighted by Gasteiger charge is -2.28. The van der Waals surface area contributed by atoms with Crippen LogP contribution in [0.2, 0.25) is 0 Å². The largest absolute Gasteiger partial charge is 0.383 e. The maximum absolute atomic E-state index is 5.53. The lowest BCUT2D eigenvalue weighted by Crippen LogP contribution is -2.32. The van der Waals surface area contributed by atoms with Crippen molar-refractivity contribution in [2.75, 3.05) is 25.6 Å². The van der Waals surface area contributed by atoms with Gasteiger partial charge in [0.05, 0.1) is 31.1 Å². The number of nitrogens with one attached hydrogen (secondary N) is 1. The fraction of sp³-hybridized carbons (Fsp3) is 0.750. The molecular weight excluding hydrogens is 218 g/mol. The SMILES string of the molecule is COCCn1cc(NC2CCOC(C)C2)cn1. The first kappa shape index (κ1) is 12.4. The van der Waals surface area contributed by atoms with E-state index >= 15 is 0 Å². The first-order chi connectivity index (χ1) is 8.28. The molecule has 1 N–H and O–H groups in total. The zero-order valence-corrected chi connectivity index (χ0v) is 10.6. The molecule has 1 fully saturated rings. The van der Waals surface area contributed by atoms with Crippen molar-refractivity contribution in [3.8, 4) is 0 Å². The molecule has 1 aliphatic rings. The standard InChI is InChI=1S/C12H21N3O2/c1-10-7-11(3-5-17-10)14-12-8-13-15(9-12)4-6-16-2/h8-11,14H,3-7H2,1-2H3. The Morgan fingerprint density at radius 3 is 3.29 bits per heavy atom. The molecule has 1 aromatic heterocycles. The number of ether oxygens (including phenoxy) is 2. The summed E-state index contributed by atoms with van der Waals surface area (Å²) in [5, 5.41) is 7.79. The third-order valence-electron chi connectivity index (χ3n) is 3.01. The molecule has 96 valence electrons. The Morgan fingerprint density at radius 1 is 1.65 bits per heavy atom. The molecule has 2 atom stereocenters. The van der Waals surface area contributed by atoms with Crippen molar-refractivity contribution < 1.29 is 9.47 Å². The van der Waals surface area contributed by atoms with E-state index in [1.54, 1.807) is 7.11 Å². The van der Waals surface area contributed by atoms with E-state index in [9.17, 15) is 0 Å². The van der Waals surface area contributed by atoms with Crippen molar-refractivity contribution >= 4 is 5.69 Å². The monoisotopic (exact) mass is 239 g/mol. The Balaban J connectivity index is 1.83. The molecule has 2 rings (SSSR count). The van der Waals surface area contributed by atoms with E-state index in [2.05, 4.69) is 17.3 Å². The van der Waals surface area contributed by atoms with Gasteiger partial charge >= 0.3 is 0 Å². The first-order valence-corrected chi connectivity index (χ1v) is 6.17. The van der Waals surface area contributed by atoms with E-state index < -0.39 is 0 Å². The second kappa shape index (κ2) is 6.02. The number of rotatable bonds is 5. The number of methoxy groups -OCH3 is 1. The summed E-state index contributed by atoms with van der Waals surface area (Å²) in [7, 11) is 1.70. The first-order valence-electron chi connectivity index (χ1n) is 6.17. The van der Waals surface area contributed by atoms with Gasteiger partial charge < -0.3 is 14.8 Å². The highest BCUT2D eigenvalue weighted by atomic mass is 16.5. The summed E-state index contributed by atoms with van der Waals surface area (Å²) in [6, 6.07) is 0.499. The van der Waals surface area contributed by atoms with Crippen molar-refractivity contribution in [2.45, 2.75) is 38.5 Å². The van der Waals surface area contributed by atoms with E-state index in [4.69, 9.17) is 9.47 Å². The third-order valence-corrected chi connectivity index (χ3v) is 3.01. The molecule has 17 heavy (non-hydrogen) atoms. The zero-order chi connectivity index (χ0) is 12.1. The Morgan fingerprint density at radius 2 is 2.53 bits per heavy atom. The molecule has 0 radical (unpaired) electrons. The molecule has 1 aliphatic heterocycles. The normalized spacial score (nSPS) is 24.8. The van der Waals surface area contributed by atoms with Crippen LogP contribution in [0, 0.1) is 0 Å². The van der Waals surface area contributed by atoms with E-state index in [0.29, 0.717) is 18.8 Å². The van der Waals surface area contributed by atoms with Crippen molar-refractivity contribution in [1.29, 1.82) is 0 Å². The van der Waals surface area contributed by atoms with Crippen molar-refractivity contribution in [1.82, 2.24) is 9.78 Å². The molecule has 0 amide bonds. The molecule has 5 heteroatoms. The number of hydrogen-bond acceptors (Lipinski definition) is 4. The average Bonchev–Trinajstić information content (AvgIpc) is 2.74. The van der Waals surface area contributed by atoms with E-state index in [0.717, 1.165) is 31.7 Å². The molecular formula is C12H21N3O2. The predicted octanol–water partition coefficient (Wildman–Crippen LogP) is 1.51. The minimum atomic E-state index is 0.352. The molecule has 2 unspecified atom stereocenters. The predicted molar refractivity (Wildman–Crippen MR) is 66.2 cm³/mol. The fourth-order valence-electron chi connectivity index (χ4n) is 2.11. The van der Waals surface area contributed by atoms with Gasteiger partial charge in [0, 0.05) is 26.0 Å². The van der Waals surface area contributed by atoms with Gasteiger partial charge in [0.25, 0.3) is 0 Å². The van der Waals surface area contributed by atoms with Crippen LogP contribution in [0.1, 0.15) is 19.8 Å². The van der Waals surface area contributed by atoms with Crippen LogP contribution >= 0.6 is 0 Å². The molecule has 0 spiro atoms. The highest BCUT2D eigenvalue weighted by Gasteiger charge is 2.19. The Kier molecular flexibility index (Phi) is 4.39. The van der Waals surface area contributed by atoms with E-state index in [1.165, 1.54) is 0 Å². The maximum Gasteiger partial charge on any atom is 0.0728 e. The smallest absolute Gasteiger partial charge is 0.0728 e. The van der Waals surface area contributed by atoms with Crippen LogP contribution in [0.15, 0.2) is 12.4 Å². The summed E-state index contributed by atoms with van der Waals surface area (Å²) in [4.78, 5) is 0. The Hall–Kier alpha value is -1.07. The van der Waals surface area contributed by atoms with Crippen LogP contribution in [0.25, 0.3) is 0 Å². The van der Waals surface area contributed by atoms with E-state index in [-0.39, 0.29) is 0 Å². The number of aromatic nitrogens is 2. The molecule has 1 saturated heterocycles. The number of nitrogens with zero attached hydrogens (tertiary/aromatic N) is 2. The molecule has 0 aliphatic carbocycles. The zero-order valence-electron chi connectivity index (χ0n) is 10.6. The van der Waals surface area contributed by atoms with Crippen LogP contribution in [-0.4, -0.2) is 42.2 Å². The van der Waals surface area contributed by atoms with Crippen molar-refractivity contribution in [2.24, 2.45) is 0 Å². The van der Waals surface area contributed by atoms with Gasteiger partial charge in [-0.2, -0.15) is 5.10 Å². The van der Waals surface area contributed by atoms with Crippen LogP contribution in [0.5, 0.6) is 0 Å². The summed E-state index contributed by atoms with van der Waals surface area (Å²) < 4.78 is 12.4. The molecule has 1 aromatic rings. The number of anilines is 1. The van der Waals surface area contributed by atoms with Crippen LogP contribution < -0.4 is 5.32 Å². The lowest BCUT2D eigenvalue weighted by atomic mass is 10.0. The van der Waals surface area contributed by atoms with Crippen LogP contribution in [0.4, 0.5) is 5.69 Å². The minimum Gasteiger partial charge on any atom is -0.383 e. The van der Waals surface area contributed by atoms with Gasteiger partial charge in [-0.1, -0.05) is 0 Å². The summed E-state index contributed by atoms with van der Waals surface area (Å²) in [5.74, 6) is 0. The van der Waals surface area contributed by atoms with Gasteiger partial charge in [0.1, 0.15) is 0 Å². The van der Waals surface area contributed by atoms with Crippen molar-refractivity contribution in [3.63, 3.8) is 0 Å². The van der Waals surface area contributed by atoms with Gasteiger partial charge in [0.15, 0.2) is 0 Å². The maximum atomic E-state index is 5.53. The van der Waals surface area contributed by atoms with Gasteiger partial charge in [-0.15, -0.1) is 0 Å².